The van der Waals surface area contributed by atoms with Crippen molar-refractivity contribution in [3.8, 4) is 0 Å². The largest absolute Gasteiger partial charge is 0.397 e. The highest BCUT2D eigenvalue weighted by Crippen LogP contribution is 2.67. The zero-order valence-corrected chi connectivity index (χ0v) is 17.8. The summed E-state index contributed by atoms with van der Waals surface area (Å²) in [4.78, 5) is 12.3. The van der Waals surface area contributed by atoms with Gasteiger partial charge in [0.05, 0.1) is 6.10 Å². The van der Waals surface area contributed by atoms with Gasteiger partial charge in [0.2, 0.25) is 0 Å². The van der Waals surface area contributed by atoms with E-state index < -0.39 is 22.1 Å². The van der Waals surface area contributed by atoms with E-state index in [2.05, 4.69) is 19.9 Å². The highest BCUT2D eigenvalue weighted by atomic mass is 32.3. The van der Waals surface area contributed by atoms with Gasteiger partial charge in [-0.2, -0.15) is 8.42 Å². The standard InChI is InChI=1S/C21H32O6S/c1-13(22)21(23)11-8-18-16-5-4-14-12-15(27-28(24,25)26)6-9-19(14,2)17(16)7-10-20(18,21)3/h4,15-18,23H,5-12H2,1-3H3,(H,24,25,26)/t15?,16-,17+,18+,19+,20+,21-/m1/s1. The summed E-state index contributed by atoms with van der Waals surface area (Å²) in [5, 5.41) is 11.2. The lowest BCUT2D eigenvalue weighted by atomic mass is 9.47. The number of rotatable bonds is 3. The second kappa shape index (κ2) is 6.37. The smallest absolute Gasteiger partial charge is 0.382 e. The van der Waals surface area contributed by atoms with E-state index in [4.69, 9.17) is 8.74 Å². The quantitative estimate of drug-likeness (QED) is 0.544. The summed E-state index contributed by atoms with van der Waals surface area (Å²) in [5.41, 5.74) is -0.307. The molecule has 7 atom stereocenters. The van der Waals surface area contributed by atoms with Gasteiger partial charge in [-0.25, -0.2) is 4.18 Å². The number of Topliss-reactive ketones (excluding diaryl/α,β-unsaturated/α-hetero) is 1. The van der Waals surface area contributed by atoms with Crippen LogP contribution < -0.4 is 0 Å². The molecule has 7 heteroatoms. The molecule has 0 heterocycles. The van der Waals surface area contributed by atoms with Crippen LogP contribution in [0.5, 0.6) is 0 Å². The monoisotopic (exact) mass is 412 g/mol. The van der Waals surface area contributed by atoms with Crippen molar-refractivity contribution in [3.63, 3.8) is 0 Å². The van der Waals surface area contributed by atoms with Crippen molar-refractivity contribution in [1.29, 1.82) is 0 Å². The fourth-order valence-corrected chi connectivity index (χ4v) is 7.98. The Labute approximate surface area is 167 Å². The summed E-state index contributed by atoms with van der Waals surface area (Å²) in [6.07, 6.45) is 7.92. The van der Waals surface area contributed by atoms with Crippen LogP contribution in [0.1, 0.15) is 72.1 Å². The summed E-state index contributed by atoms with van der Waals surface area (Å²) in [6.45, 7) is 5.92. The molecule has 4 aliphatic rings. The maximum absolute atomic E-state index is 12.3. The second-order valence-electron chi connectivity index (χ2n) is 10.1. The third kappa shape index (κ3) is 2.84. The Hall–Kier alpha value is -0.760. The molecule has 4 aliphatic carbocycles. The molecule has 0 aromatic carbocycles. The lowest BCUT2D eigenvalue weighted by molar-refractivity contribution is -0.159. The van der Waals surface area contributed by atoms with E-state index >= 15 is 0 Å². The Morgan fingerprint density at radius 2 is 1.82 bits per heavy atom. The van der Waals surface area contributed by atoms with Gasteiger partial charge >= 0.3 is 10.4 Å². The van der Waals surface area contributed by atoms with Gasteiger partial charge in [-0.1, -0.05) is 25.5 Å². The maximum atomic E-state index is 12.3. The van der Waals surface area contributed by atoms with E-state index in [1.165, 1.54) is 12.5 Å². The van der Waals surface area contributed by atoms with E-state index in [0.29, 0.717) is 37.0 Å². The fraction of sp³-hybridized carbons (Fsp3) is 0.857. The molecule has 0 spiro atoms. The second-order valence-corrected chi connectivity index (χ2v) is 11.1. The van der Waals surface area contributed by atoms with Crippen LogP contribution in [-0.2, 0) is 19.4 Å². The first-order valence-electron chi connectivity index (χ1n) is 10.5. The van der Waals surface area contributed by atoms with Gasteiger partial charge in [-0.05, 0) is 81.5 Å². The number of carbonyl (C=O) groups excluding carboxylic acids is 1. The van der Waals surface area contributed by atoms with E-state index in [-0.39, 0.29) is 16.6 Å². The van der Waals surface area contributed by atoms with Crippen LogP contribution in [-0.4, -0.2) is 35.6 Å². The molecule has 6 nitrogen and oxygen atoms in total. The molecule has 4 rings (SSSR count). The fourth-order valence-electron chi connectivity index (χ4n) is 7.48. The Balaban J connectivity index is 1.61. The molecule has 3 fully saturated rings. The number of aliphatic hydroxyl groups is 1. The summed E-state index contributed by atoms with van der Waals surface area (Å²) in [6, 6.07) is 0. The summed E-state index contributed by atoms with van der Waals surface area (Å²) in [7, 11) is -4.43. The number of carbonyl (C=O) groups is 1. The molecular weight excluding hydrogens is 380 g/mol. The molecule has 0 amide bonds. The predicted molar refractivity (Wildman–Crippen MR) is 104 cm³/mol. The van der Waals surface area contributed by atoms with Gasteiger partial charge < -0.3 is 5.11 Å². The van der Waals surface area contributed by atoms with Crippen molar-refractivity contribution in [2.75, 3.05) is 0 Å². The van der Waals surface area contributed by atoms with E-state index in [1.807, 2.05) is 0 Å². The molecule has 158 valence electrons. The normalized spacial score (nSPS) is 48.2. The third-order valence-electron chi connectivity index (χ3n) is 9.05. The van der Waals surface area contributed by atoms with E-state index in [9.17, 15) is 18.3 Å². The van der Waals surface area contributed by atoms with Crippen molar-refractivity contribution in [2.45, 2.75) is 83.8 Å². The molecule has 28 heavy (non-hydrogen) atoms. The molecule has 0 radical (unpaired) electrons. The molecule has 0 aromatic heterocycles. The van der Waals surface area contributed by atoms with Crippen LogP contribution in [0.25, 0.3) is 0 Å². The van der Waals surface area contributed by atoms with Gasteiger partial charge in [0.25, 0.3) is 0 Å². The molecule has 1 unspecified atom stereocenters. The minimum atomic E-state index is -4.43. The molecule has 0 aromatic rings. The van der Waals surface area contributed by atoms with Gasteiger partial charge in [0, 0.05) is 5.41 Å². The maximum Gasteiger partial charge on any atom is 0.397 e. The lowest BCUT2D eigenvalue weighted by Gasteiger charge is -2.58. The number of ketones is 1. The van der Waals surface area contributed by atoms with E-state index in [0.717, 1.165) is 32.1 Å². The van der Waals surface area contributed by atoms with Crippen LogP contribution in [0.3, 0.4) is 0 Å². The molecule has 2 N–H and O–H groups in total. The average Bonchev–Trinajstić information content (AvgIpc) is 2.87. The molecule has 3 saturated carbocycles. The van der Waals surface area contributed by atoms with Gasteiger partial charge in [-0.3, -0.25) is 9.35 Å². The predicted octanol–water partition coefficient (Wildman–Crippen LogP) is 3.46. The molecular formula is C21H32O6S. The zero-order valence-electron chi connectivity index (χ0n) is 17.0. The minimum Gasteiger partial charge on any atom is -0.382 e. The van der Waals surface area contributed by atoms with Gasteiger partial charge in [0.1, 0.15) is 5.60 Å². The SMILES string of the molecule is CC(=O)[C@]1(O)CC[C@H]2[C@@H]3CC=C4CC(OS(=O)(=O)O)CC[C@]4(C)[C@H]3CC[C@@]21C. The highest BCUT2D eigenvalue weighted by molar-refractivity contribution is 7.80. The first-order valence-corrected chi connectivity index (χ1v) is 11.9. The summed E-state index contributed by atoms with van der Waals surface area (Å²) in [5.74, 6) is 1.16. The number of allylic oxidation sites excluding steroid dienone is 1. The Kier molecular flexibility index (Phi) is 4.66. The zero-order chi connectivity index (χ0) is 20.5. The van der Waals surface area contributed by atoms with Crippen LogP contribution in [0.15, 0.2) is 11.6 Å². The Bertz CT molecular complexity index is 819. The Morgan fingerprint density at radius 3 is 2.46 bits per heavy atom. The van der Waals surface area contributed by atoms with Crippen LogP contribution in [0, 0.1) is 28.6 Å². The van der Waals surface area contributed by atoms with Crippen LogP contribution in [0.2, 0.25) is 0 Å². The first kappa shape index (κ1) is 20.5. The number of hydrogen-bond donors (Lipinski definition) is 2. The average molecular weight is 413 g/mol. The van der Waals surface area contributed by atoms with Gasteiger partial charge in [0.15, 0.2) is 5.78 Å². The third-order valence-corrected chi connectivity index (χ3v) is 9.57. The Morgan fingerprint density at radius 1 is 1.14 bits per heavy atom. The van der Waals surface area contributed by atoms with Crippen molar-refractivity contribution in [1.82, 2.24) is 0 Å². The van der Waals surface area contributed by atoms with Crippen molar-refractivity contribution < 1.29 is 27.1 Å². The van der Waals surface area contributed by atoms with Crippen LogP contribution in [0.4, 0.5) is 0 Å². The van der Waals surface area contributed by atoms with E-state index in [1.54, 1.807) is 0 Å². The summed E-state index contributed by atoms with van der Waals surface area (Å²) >= 11 is 0. The first-order chi connectivity index (χ1) is 12.9. The van der Waals surface area contributed by atoms with Crippen LogP contribution >= 0.6 is 0 Å². The lowest BCUT2D eigenvalue weighted by Crippen LogP contribution is -2.57. The minimum absolute atomic E-state index is 0.000252. The molecule has 0 saturated heterocycles. The van der Waals surface area contributed by atoms with Crippen molar-refractivity contribution >= 4 is 16.2 Å². The number of fused-ring (bicyclic) bond motifs is 5. The number of hydrogen-bond acceptors (Lipinski definition) is 5. The summed E-state index contributed by atoms with van der Waals surface area (Å²) < 4.78 is 36.1. The topological polar surface area (TPSA) is 101 Å². The van der Waals surface area contributed by atoms with Crippen molar-refractivity contribution in [2.24, 2.45) is 28.6 Å². The van der Waals surface area contributed by atoms with Gasteiger partial charge in [-0.15, -0.1) is 0 Å². The van der Waals surface area contributed by atoms with Crippen molar-refractivity contribution in [3.05, 3.63) is 11.6 Å². The highest BCUT2D eigenvalue weighted by Gasteiger charge is 2.65. The molecule has 0 bridgehead atoms. The molecule has 0 aliphatic heterocycles.